The predicted octanol–water partition coefficient (Wildman–Crippen LogP) is 5.11. The molecule has 52 heavy (non-hydrogen) atoms. The van der Waals surface area contributed by atoms with Gasteiger partial charge < -0.3 is 15.0 Å². The van der Waals surface area contributed by atoms with Crippen LogP contribution in [-0.2, 0) is 55.1 Å². The number of rotatable bonds is 12. The molecule has 3 aliphatic carbocycles. The first-order valence-electron chi connectivity index (χ1n) is 18.8. The molecule has 0 spiro atoms. The molecular formula is C37H48ClN5O7S2. The number of amides is 4. The number of aryl methyl sites for hydroxylation is 1. The highest BCUT2D eigenvalue weighted by Crippen LogP contribution is 2.47. The van der Waals surface area contributed by atoms with Crippen molar-refractivity contribution in [3.8, 4) is 0 Å². The quantitative estimate of drug-likeness (QED) is 0.302. The summed E-state index contributed by atoms with van der Waals surface area (Å²) in [6.45, 7) is 4.60. The van der Waals surface area contributed by atoms with E-state index in [4.69, 9.17) is 21.3 Å². The Hall–Kier alpha value is -3.23. The monoisotopic (exact) mass is 773 g/mol. The van der Waals surface area contributed by atoms with Gasteiger partial charge in [-0.1, -0.05) is 63.3 Å². The van der Waals surface area contributed by atoms with E-state index >= 15 is 0 Å². The lowest BCUT2D eigenvalue weighted by molar-refractivity contribution is -0.144. The van der Waals surface area contributed by atoms with Gasteiger partial charge in [0.25, 0.3) is 5.91 Å². The third-order valence-corrected chi connectivity index (χ3v) is 14.8. The number of likely N-dealkylation sites (tertiary alicyclic amines) is 1. The first kappa shape index (κ1) is 37.1. The number of carbonyl (C=O) groups excluding carboxylic acids is 4. The number of aromatic nitrogens is 1. The standard InChI is InChI=1S/C37H48ClN5O7S2/c1-3-24-17-37(24,35(46)41-52(48,49)27-13-14-27)40-33(44)31-15-26(50-36(47)42-18-23-11-8-12-30(38)29(23)20-42)19-43(31)34(45)28(22-9-6-5-7-10-22)16-32-39-25(4-2)21-51-32/h8,11-12,21-22,24,26-28,31H,3-7,9-10,13-20H2,1-2H3,(H,40,44)(H,41,46)/t24-,26-,28+,31+,37-/m1/s1. The summed E-state index contributed by atoms with van der Waals surface area (Å²) < 4.78 is 33.7. The maximum absolute atomic E-state index is 14.8. The predicted molar refractivity (Wildman–Crippen MR) is 196 cm³/mol. The summed E-state index contributed by atoms with van der Waals surface area (Å²) in [5, 5.41) is 5.81. The van der Waals surface area contributed by atoms with E-state index in [0.717, 1.165) is 60.4 Å². The topological polar surface area (TPSA) is 155 Å². The summed E-state index contributed by atoms with van der Waals surface area (Å²) in [6, 6.07) is 4.53. The maximum Gasteiger partial charge on any atom is 0.410 e. The fourth-order valence-corrected chi connectivity index (χ4v) is 11.0. The number of thiazole rings is 1. The molecule has 4 amide bonds. The van der Waals surface area contributed by atoms with E-state index < -0.39 is 56.8 Å². The Morgan fingerprint density at radius 3 is 2.52 bits per heavy atom. The summed E-state index contributed by atoms with van der Waals surface area (Å²) in [4.78, 5) is 64.1. The molecule has 2 N–H and O–H groups in total. The number of hydrogen-bond donors (Lipinski definition) is 2. The van der Waals surface area contributed by atoms with Gasteiger partial charge in [0.15, 0.2) is 0 Å². The third-order valence-electron chi connectivity index (χ3n) is 11.7. The number of carbonyl (C=O) groups is 4. The number of sulfonamides is 1. The first-order chi connectivity index (χ1) is 24.9. The molecule has 2 aliphatic heterocycles. The van der Waals surface area contributed by atoms with E-state index in [1.54, 1.807) is 27.2 Å². The number of nitrogens with zero attached hydrogens (tertiary/aromatic N) is 3. The Labute approximate surface area is 314 Å². The van der Waals surface area contributed by atoms with E-state index in [2.05, 4.69) is 10.0 Å². The van der Waals surface area contributed by atoms with Crippen LogP contribution >= 0.6 is 22.9 Å². The van der Waals surface area contributed by atoms with Crippen LogP contribution in [0.4, 0.5) is 4.79 Å². The van der Waals surface area contributed by atoms with E-state index in [1.165, 1.54) is 0 Å². The minimum absolute atomic E-state index is 0.0258. The van der Waals surface area contributed by atoms with E-state index in [9.17, 15) is 27.6 Å². The van der Waals surface area contributed by atoms with Crippen LogP contribution in [0.5, 0.6) is 0 Å². The van der Waals surface area contributed by atoms with Crippen molar-refractivity contribution < 1.29 is 32.3 Å². The second kappa shape index (κ2) is 14.9. The molecule has 15 heteroatoms. The molecule has 1 aromatic carbocycles. The lowest BCUT2D eigenvalue weighted by atomic mass is 9.78. The van der Waals surface area contributed by atoms with Gasteiger partial charge in [0.05, 0.1) is 29.0 Å². The molecule has 1 aromatic heterocycles. The summed E-state index contributed by atoms with van der Waals surface area (Å²) in [5.74, 6) is -2.01. The van der Waals surface area contributed by atoms with Crippen LogP contribution in [0.2, 0.25) is 5.02 Å². The minimum atomic E-state index is -3.84. The van der Waals surface area contributed by atoms with Crippen molar-refractivity contribution in [1.82, 2.24) is 24.8 Å². The van der Waals surface area contributed by atoms with Crippen molar-refractivity contribution >= 4 is 56.8 Å². The van der Waals surface area contributed by atoms with E-state index in [-0.39, 0.29) is 30.7 Å². The Morgan fingerprint density at radius 1 is 1.10 bits per heavy atom. The Bertz CT molecular complexity index is 1830. The van der Waals surface area contributed by atoms with Gasteiger partial charge in [-0.15, -0.1) is 11.3 Å². The van der Waals surface area contributed by atoms with E-state index in [0.29, 0.717) is 50.2 Å². The van der Waals surface area contributed by atoms with Gasteiger partial charge in [-0.25, -0.2) is 18.2 Å². The second-order valence-electron chi connectivity index (χ2n) is 15.2. The van der Waals surface area contributed by atoms with Gasteiger partial charge in [0, 0.05) is 35.7 Å². The summed E-state index contributed by atoms with van der Waals surface area (Å²) in [6.07, 6.45) is 6.81. The molecule has 12 nitrogen and oxygen atoms in total. The SMILES string of the molecule is CCc1csc(C[C@H](C(=O)N2C[C@H](OC(=O)N3Cc4cccc(Cl)c4C3)C[C@H]2C(=O)N[C@]2(C(=O)NS(=O)(=O)C3CC3)C[C@H]2CC)C2CCCCC2)n1. The lowest BCUT2D eigenvalue weighted by Crippen LogP contribution is -2.57. The van der Waals surface area contributed by atoms with Crippen LogP contribution in [0.3, 0.4) is 0 Å². The number of benzene rings is 1. The van der Waals surface area contributed by atoms with Crippen molar-refractivity contribution in [3.63, 3.8) is 0 Å². The number of hydrogen-bond acceptors (Lipinski definition) is 9. The Morgan fingerprint density at radius 2 is 1.87 bits per heavy atom. The second-order valence-corrected chi connectivity index (χ2v) is 18.5. The highest BCUT2D eigenvalue weighted by Gasteiger charge is 2.62. The van der Waals surface area contributed by atoms with Gasteiger partial charge >= 0.3 is 6.09 Å². The van der Waals surface area contributed by atoms with Gasteiger partial charge in [0.1, 0.15) is 17.7 Å². The van der Waals surface area contributed by atoms with Crippen molar-refractivity contribution in [2.24, 2.45) is 17.8 Å². The molecule has 7 rings (SSSR count). The molecule has 5 atom stereocenters. The average molecular weight is 774 g/mol. The van der Waals surface area contributed by atoms with Crippen molar-refractivity contribution in [1.29, 1.82) is 0 Å². The molecular weight excluding hydrogens is 726 g/mol. The van der Waals surface area contributed by atoms with E-state index in [1.807, 2.05) is 31.4 Å². The van der Waals surface area contributed by atoms with Crippen molar-refractivity contribution in [2.75, 3.05) is 6.54 Å². The maximum atomic E-state index is 14.8. The number of nitrogens with one attached hydrogen (secondary N) is 2. The van der Waals surface area contributed by atoms with Gasteiger partial charge in [-0.3, -0.25) is 24.0 Å². The smallest absolute Gasteiger partial charge is 0.410 e. The molecule has 0 unspecified atom stereocenters. The van der Waals surface area contributed by atoms with Crippen LogP contribution < -0.4 is 10.0 Å². The number of fused-ring (bicyclic) bond motifs is 1. The molecule has 2 aromatic rings. The third kappa shape index (κ3) is 7.57. The molecule has 4 fully saturated rings. The van der Waals surface area contributed by atoms with Crippen LogP contribution in [0.1, 0.15) is 99.9 Å². The van der Waals surface area contributed by atoms with Crippen LogP contribution in [0, 0.1) is 17.8 Å². The molecule has 0 radical (unpaired) electrons. The molecule has 3 heterocycles. The highest BCUT2D eigenvalue weighted by atomic mass is 35.5. The zero-order valence-electron chi connectivity index (χ0n) is 29.8. The minimum Gasteiger partial charge on any atom is -0.444 e. The zero-order valence-corrected chi connectivity index (χ0v) is 32.2. The Balaban J connectivity index is 1.13. The average Bonchev–Trinajstić information content (AvgIpc) is 3.94. The largest absolute Gasteiger partial charge is 0.444 e. The summed E-state index contributed by atoms with van der Waals surface area (Å²) in [5.41, 5.74) is 1.40. The number of halogens is 1. The normalized spacial score (nSPS) is 26.5. The van der Waals surface area contributed by atoms with Crippen LogP contribution in [-0.4, -0.2) is 76.5 Å². The van der Waals surface area contributed by atoms with Crippen molar-refractivity contribution in [3.05, 3.63) is 50.4 Å². The Kier molecular flexibility index (Phi) is 10.6. The van der Waals surface area contributed by atoms with Gasteiger partial charge in [0.2, 0.25) is 21.8 Å². The highest BCUT2D eigenvalue weighted by molar-refractivity contribution is 7.91. The van der Waals surface area contributed by atoms with Crippen LogP contribution in [0.15, 0.2) is 23.6 Å². The zero-order chi connectivity index (χ0) is 36.8. The fraction of sp³-hybridized carbons (Fsp3) is 0.649. The molecule has 282 valence electrons. The van der Waals surface area contributed by atoms with Crippen molar-refractivity contribution in [2.45, 2.75) is 127 Å². The number of ether oxygens (including phenoxy) is 1. The summed E-state index contributed by atoms with van der Waals surface area (Å²) >= 11 is 7.95. The van der Waals surface area contributed by atoms with Gasteiger partial charge in [-0.05, 0) is 67.6 Å². The molecule has 3 saturated carbocycles. The van der Waals surface area contributed by atoms with Crippen LogP contribution in [0.25, 0.3) is 0 Å². The summed E-state index contributed by atoms with van der Waals surface area (Å²) in [7, 11) is -3.84. The fourth-order valence-electron chi connectivity index (χ4n) is 8.40. The molecule has 0 bridgehead atoms. The van der Waals surface area contributed by atoms with Gasteiger partial charge in [-0.2, -0.15) is 0 Å². The first-order valence-corrected chi connectivity index (χ1v) is 21.6. The molecule has 1 saturated heterocycles. The lowest BCUT2D eigenvalue weighted by Gasteiger charge is -2.34. The molecule has 5 aliphatic rings.